The van der Waals surface area contributed by atoms with Gasteiger partial charge in [0.05, 0.1) is 11.2 Å². The van der Waals surface area contributed by atoms with Crippen LogP contribution in [0.5, 0.6) is 0 Å². The zero-order valence-electron chi connectivity index (χ0n) is 13.8. The number of benzene rings is 1. The predicted octanol–water partition coefficient (Wildman–Crippen LogP) is 3.52. The van der Waals surface area contributed by atoms with Crippen molar-refractivity contribution in [2.45, 2.75) is 58.8 Å². The fraction of sp³-hybridized carbons (Fsp3) is 0.529. The topological polar surface area (TPSA) is 23.4 Å². The van der Waals surface area contributed by atoms with Crippen molar-refractivity contribution in [2.75, 3.05) is 0 Å². The summed E-state index contributed by atoms with van der Waals surface area (Å²) in [6.07, 6.45) is 2.14. The number of rotatable bonds is 2. The molecule has 4 heteroatoms. The lowest BCUT2D eigenvalue weighted by molar-refractivity contribution is 0.00578. The summed E-state index contributed by atoms with van der Waals surface area (Å²) in [7, 11) is -0.296. The number of nitrogens with zero attached hydrogens (tertiary/aromatic N) is 1. The van der Waals surface area contributed by atoms with E-state index in [9.17, 15) is 0 Å². The lowest BCUT2D eigenvalue weighted by Gasteiger charge is -2.32. The van der Waals surface area contributed by atoms with Crippen LogP contribution in [0.2, 0.25) is 0 Å². The van der Waals surface area contributed by atoms with Gasteiger partial charge in [0.15, 0.2) is 0 Å². The standard InChI is InChI=1S/C17H24BNO2/c1-12(2)19-10-9-13-7-8-14(11-15(13)19)18-20-16(3,4)17(5,6)21-18/h7-12H,1-6H3. The summed E-state index contributed by atoms with van der Waals surface area (Å²) >= 11 is 0. The van der Waals surface area contributed by atoms with Crippen molar-refractivity contribution >= 4 is 23.5 Å². The molecule has 0 radical (unpaired) electrons. The fourth-order valence-electron chi connectivity index (χ4n) is 2.74. The summed E-state index contributed by atoms with van der Waals surface area (Å²) < 4.78 is 14.6. The number of hydrogen-bond acceptors (Lipinski definition) is 2. The molecule has 0 N–H and O–H groups in total. The van der Waals surface area contributed by atoms with E-state index in [1.807, 2.05) is 0 Å². The highest BCUT2D eigenvalue weighted by Gasteiger charge is 2.51. The maximum absolute atomic E-state index is 6.14. The zero-order chi connectivity index (χ0) is 15.4. The summed E-state index contributed by atoms with van der Waals surface area (Å²) in [5.41, 5.74) is 1.72. The first-order chi connectivity index (χ1) is 9.71. The van der Waals surface area contributed by atoms with Gasteiger partial charge in [0.25, 0.3) is 0 Å². The molecular formula is C17H24BNO2. The lowest BCUT2D eigenvalue weighted by atomic mass is 9.79. The number of fused-ring (bicyclic) bond motifs is 1. The maximum Gasteiger partial charge on any atom is 0.494 e. The molecule has 0 saturated carbocycles. The quantitative estimate of drug-likeness (QED) is 0.788. The highest BCUT2D eigenvalue weighted by Crippen LogP contribution is 2.36. The molecule has 1 saturated heterocycles. The van der Waals surface area contributed by atoms with Crippen molar-refractivity contribution in [3.05, 3.63) is 30.5 Å². The fourth-order valence-corrected chi connectivity index (χ4v) is 2.74. The summed E-state index contributed by atoms with van der Waals surface area (Å²) in [5.74, 6) is 0. The molecule has 0 amide bonds. The van der Waals surface area contributed by atoms with Gasteiger partial charge in [-0.3, -0.25) is 0 Å². The third kappa shape index (κ3) is 2.31. The Kier molecular flexibility index (Phi) is 3.23. The SMILES string of the molecule is CC(C)n1ccc2ccc(B3OC(C)(C)C(C)(C)O3)cc21. The second-order valence-electron chi connectivity index (χ2n) is 7.22. The normalized spacial score (nSPS) is 20.6. The van der Waals surface area contributed by atoms with Crippen LogP contribution in [0.3, 0.4) is 0 Å². The van der Waals surface area contributed by atoms with Crippen molar-refractivity contribution in [3.63, 3.8) is 0 Å². The molecular weight excluding hydrogens is 261 g/mol. The van der Waals surface area contributed by atoms with Gasteiger partial charge in [-0.2, -0.15) is 0 Å². The van der Waals surface area contributed by atoms with Crippen molar-refractivity contribution in [3.8, 4) is 0 Å². The van der Waals surface area contributed by atoms with Gasteiger partial charge in [0.1, 0.15) is 0 Å². The van der Waals surface area contributed by atoms with Crippen LogP contribution in [-0.2, 0) is 9.31 Å². The zero-order valence-corrected chi connectivity index (χ0v) is 13.8. The van der Waals surface area contributed by atoms with Crippen LogP contribution in [0.4, 0.5) is 0 Å². The van der Waals surface area contributed by atoms with Crippen LogP contribution in [0.25, 0.3) is 10.9 Å². The summed E-state index contributed by atoms with van der Waals surface area (Å²) in [6.45, 7) is 12.7. The number of aromatic nitrogens is 1. The van der Waals surface area contributed by atoms with Gasteiger partial charge < -0.3 is 13.9 Å². The Balaban J connectivity index is 2.01. The molecule has 2 heterocycles. The molecule has 0 unspecified atom stereocenters. The van der Waals surface area contributed by atoms with Crippen LogP contribution in [0.1, 0.15) is 47.6 Å². The number of hydrogen-bond donors (Lipinski definition) is 0. The Bertz CT molecular complexity index is 656. The Morgan fingerprint density at radius 2 is 1.62 bits per heavy atom. The molecule has 1 aliphatic rings. The minimum absolute atomic E-state index is 0.296. The Morgan fingerprint density at radius 3 is 2.19 bits per heavy atom. The summed E-state index contributed by atoms with van der Waals surface area (Å²) in [6, 6.07) is 9.04. The van der Waals surface area contributed by atoms with Crippen LogP contribution in [0, 0.1) is 0 Å². The van der Waals surface area contributed by atoms with E-state index >= 15 is 0 Å². The predicted molar refractivity (Wildman–Crippen MR) is 88.0 cm³/mol. The molecule has 112 valence electrons. The van der Waals surface area contributed by atoms with Gasteiger partial charge >= 0.3 is 7.12 Å². The van der Waals surface area contributed by atoms with E-state index in [4.69, 9.17) is 9.31 Å². The van der Waals surface area contributed by atoms with Gasteiger partial charge in [-0.15, -0.1) is 0 Å². The molecule has 2 aromatic rings. The highest BCUT2D eigenvalue weighted by molar-refractivity contribution is 6.62. The van der Waals surface area contributed by atoms with E-state index in [1.54, 1.807) is 0 Å². The van der Waals surface area contributed by atoms with Crippen LogP contribution in [-0.4, -0.2) is 22.9 Å². The molecule has 1 aliphatic heterocycles. The van der Waals surface area contributed by atoms with Crippen LogP contribution in [0.15, 0.2) is 30.5 Å². The molecule has 0 bridgehead atoms. The molecule has 0 spiro atoms. The monoisotopic (exact) mass is 285 g/mol. The van der Waals surface area contributed by atoms with Crippen LogP contribution < -0.4 is 5.46 Å². The minimum Gasteiger partial charge on any atom is -0.399 e. The highest BCUT2D eigenvalue weighted by atomic mass is 16.7. The first-order valence-corrected chi connectivity index (χ1v) is 7.67. The third-order valence-corrected chi connectivity index (χ3v) is 4.83. The summed E-state index contributed by atoms with van der Waals surface area (Å²) in [4.78, 5) is 0. The Hall–Kier alpha value is -1.26. The van der Waals surface area contributed by atoms with Gasteiger partial charge in [-0.1, -0.05) is 12.1 Å². The second-order valence-corrected chi connectivity index (χ2v) is 7.22. The summed E-state index contributed by atoms with van der Waals surface area (Å²) in [5, 5.41) is 1.25. The lowest BCUT2D eigenvalue weighted by Crippen LogP contribution is -2.41. The Morgan fingerprint density at radius 1 is 1.00 bits per heavy atom. The van der Waals surface area contributed by atoms with E-state index < -0.39 is 0 Å². The van der Waals surface area contributed by atoms with Crippen molar-refractivity contribution in [1.29, 1.82) is 0 Å². The van der Waals surface area contributed by atoms with Gasteiger partial charge in [0.2, 0.25) is 0 Å². The van der Waals surface area contributed by atoms with E-state index in [-0.39, 0.29) is 18.3 Å². The average Bonchev–Trinajstić information content (AvgIpc) is 2.87. The molecule has 0 atom stereocenters. The molecule has 1 aromatic carbocycles. The molecule has 1 aromatic heterocycles. The average molecular weight is 285 g/mol. The van der Waals surface area contributed by atoms with Gasteiger partial charge in [0, 0.05) is 17.8 Å². The Labute approximate surface area is 127 Å². The second kappa shape index (κ2) is 4.62. The smallest absolute Gasteiger partial charge is 0.399 e. The van der Waals surface area contributed by atoms with Crippen molar-refractivity contribution < 1.29 is 9.31 Å². The van der Waals surface area contributed by atoms with Crippen molar-refractivity contribution in [2.24, 2.45) is 0 Å². The van der Waals surface area contributed by atoms with E-state index in [2.05, 4.69) is 76.6 Å². The minimum atomic E-state index is -0.299. The maximum atomic E-state index is 6.14. The molecule has 21 heavy (non-hydrogen) atoms. The van der Waals surface area contributed by atoms with Crippen LogP contribution >= 0.6 is 0 Å². The van der Waals surface area contributed by atoms with E-state index in [1.165, 1.54) is 10.9 Å². The largest absolute Gasteiger partial charge is 0.494 e. The van der Waals surface area contributed by atoms with Gasteiger partial charge in [-0.05, 0) is 64.5 Å². The van der Waals surface area contributed by atoms with E-state index in [0.717, 1.165) is 5.46 Å². The first-order valence-electron chi connectivity index (χ1n) is 7.67. The molecule has 1 fully saturated rings. The molecule has 3 rings (SSSR count). The van der Waals surface area contributed by atoms with E-state index in [0.29, 0.717) is 6.04 Å². The first kappa shape index (κ1) is 14.7. The molecule has 3 nitrogen and oxygen atoms in total. The van der Waals surface area contributed by atoms with Gasteiger partial charge in [-0.25, -0.2) is 0 Å². The third-order valence-electron chi connectivity index (χ3n) is 4.83. The molecule has 0 aliphatic carbocycles. The van der Waals surface area contributed by atoms with Crippen molar-refractivity contribution in [1.82, 2.24) is 4.57 Å².